The van der Waals surface area contributed by atoms with E-state index >= 15 is 0 Å². The number of carboxylic acid groups (broad SMARTS) is 1. The molecule has 0 aliphatic heterocycles. The van der Waals surface area contributed by atoms with E-state index in [1.807, 2.05) is 0 Å². The Morgan fingerprint density at radius 2 is 1.62 bits per heavy atom. The lowest BCUT2D eigenvalue weighted by Crippen LogP contribution is -2.07. The van der Waals surface area contributed by atoms with Crippen LogP contribution in [0.5, 0.6) is 0 Å². The minimum atomic E-state index is -4.49. The zero-order valence-electron chi connectivity index (χ0n) is 14.8. The molecule has 0 atom stereocenters. The second-order valence-electron chi connectivity index (χ2n) is 6.37. The summed E-state index contributed by atoms with van der Waals surface area (Å²) in [6, 6.07) is 15.6. The Morgan fingerprint density at radius 1 is 0.931 bits per heavy atom. The normalized spacial score (nSPS) is 11.6. The number of rotatable bonds is 3. The Balaban J connectivity index is 1.80. The van der Waals surface area contributed by atoms with Crippen molar-refractivity contribution in [1.82, 2.24) is 9.97 Å². The molecular weight excluding hydrogens is 381 g/mol. The number of carboxylic acids is 1. The number of alkyl halides is 3. The number of pyridine rings is 2. The summed E-state index contributed by atoms with van der Waals surface area (Å²) >= 11 is 0. The highest BCUT2D eigenvalue weighted by atomic mass is 19.4. The number of halogens is 3. The Labute approximate surface area is 163 Å². The van der Waals surface area contributed by atoms with Crippen molar-refractivity contribution in [3.8, 4) is 22.4 Å². The summed E-state index contributed by atoms with van der Waals surface area (Å²) in [6.07, 6.45) is -2.21. The van der Waals surface area contributed by atoms with Gasteiger partial charge >= 0.3 is 12.1 Å². The second-order valence-corrected chi connectivity index (χ2v) is 6.37. The van der Waals surface area contributed by atoms with Gasteiger partial charge < -0.3 is 5.11 Å². The maximum atomic E-state index is 13.3. The first-order chi connectivity index (χ1) is 13.8. The Bertz CT molecular complexity index is 1220. The van der Waals surface area contributed by atoms with Crippen LogP contribution in [0.25, 0.3) is 33.3 Å². The SMILES string of the molecule is O=C(O)c1cc(-c2ccc(-c3cnccc3C(F)(F)F)cc2)nc2ccccc12. The van der Waals surface area contributed by atoms with Gasteiger partial charge in [-0.3, -0.25) is 4.98 Å². The molecule has 1 N–H and O–H groups in total. The molecule has 0 fully saturated rings. The van der Waals surface area contributed by atoms with Crippen molar-refractivity contribution in [2.75, 3.05) is 0 Å². The zero-order valence-corrected chi connectivity index (χ0v) is 14.8. The van der Waals surface area contributed by atoms with Crippen LogP contribution in [0.2, 0.25) is 0 Å². The first-order valence-electron chi connectivity index (χ1n) is 8.60. The summed E-state index contributed by atoms with van der Waals surface area (Å²) in [4.78, 5) is 19.9. The molecule has 0 aliphatic rings. The molecule has 4 aromatic rings. The van der Waals surface area contributed by atoms with E-state index in [1.54, 1.807) is 48.5 Å². The van der Waals surface area contributed by atoms with E-state index in [9.17, 15) is 23.1 Å². The molecule has 4 nitrogen and oxygen atoms in total. The summed E-state index contributed by atoms with van der Waals surface area (Å²) in [6.45, 7) is 0. The molecule has 0 spiro atoms. The molecular formula is C22H13F3N2O2. The first kappa shape index (κ1) is 18.6. The van der Waals surface area contributed by atoms with Crippen molar-refractivity contribution >= 4 is 16.9 Å². The van der Waals surface area contributed by atoms with Crippen LogP contribution in [0, 0.1) is 0 Å². The van der Waals surface area contributed by atoms with Crippen LogP contribution in [0.4, 0.5) is 13.2 Å². The summed E-state index contributed by atoms with van der Waals surface area (Å²) in [5, 5.41) is 10.0. The standard InChI is InChI=1S/C22H13F3N2O2/c23-22(24,25)18-9-10-26-12-17(18)13-5-7-14(8-6-13)20-11-16(21(28)29)15-3-1-2-4-19(15)27-20/h1-12H,(H,28,29). The van der Waals surface area contributed by atoms with Gasteiger partial charge in [0.05, 0.1) is 22.3 Å². The number of nitrogens with zero attached hydrogens (tertiary/aromatic N) is 2. The molecule has 0 radical (unpaired) electrons. The number of hydrogen-bond donors (Lipinski definition) is 1. The van der Waals surface area contributed by atoms with Gasteiger partial charge in [0.1, 0.15) is 0 Å². The molecule has 0 saturated carbocycles. The molecule has 2 aromatic heterocycles. The van der Waals surface area contributed by atoms with E-state index in [4.69, 9.17) is 0 Å². The molecule has 2 heterocycles. The highest BCUT2D eigenvalue weighted by Gasteiger charge is 2.33. The monoisotopic (exact) mass is 394 g/mol. The molecule has 0 unspecified atom stereocenters. The van der Waals surface area contributed by atoms with Gasteiger partial charge in [0.15, 0.2) is 0 Å². The molecule has 7 heteroatoms. The number of aromatic nitrogens is 2. The summed E-state index contributed by atoms with van der Waals surface area (Å²) in [7, 11) is 0. The fraction of sp³-hybridized carbons (Fsp3) is 0.0455. The molecule has 4 rings (SSSR count). The average Bonchev–Trinajstić information content (AvgIpc) is 2.72. The lowest BCUT2D eigenvalue weighted by Gasteiger charge is -2.13. The third-order valence-corrected chi connectivity index (χ3v) is 4.56. The summed E-state index contributed by atoms with van der Waals surface area (Å²) in [5.74, 6) is -1.08. The average molecular weight is 394 g/mol. The second kappa shape index (κ2) is 7.01. The Hall–Kier alpha value is -3.74. The van der Waals surface area contributed by atoms with Crippen molar-refractivity contribution in [3.63, 3.8) is 0 Å². The van der Waals surface area contributed by atoms with Crippen molar-refractivity contribution in [2.24, 2.45) is 0 Å². The lowest BCUT2D eigenvalue weighted by atomic mass is 9.98. The summed E-state index contributed by atoms with van der Waals surface area (Å²) < 4.78 is 39.8. The van der Waals surface area contributed by atoms with E-state index in [0.29, 0.717) is 27.7 Å². The van der Waals surface area contributed by atoms with Crippen LogP contribution in [-0.4, -0.2) is 21.0 Å². The Kier molecular flexibility index (Phi) is 4.50. The predicted molar refractivity (Wildman–Crippen MR) is 102 cm³/mol. The van der Waals surface area contributed by atoms with Crippen LogP contribution in [0.1, 0.15) is 15.9 Å². The number of fused-ring (bicyclic) bond motifs is 1. The topological polar surface area (TPSA) is 63.1 Å². The van der Waals surface area contributed by atoms with Gasteiger partial charge in [0, 0.05) is 28.9 Å². The van der Waals surface area contributed by atoms with Crippen LogP contribution in [-0.2, 0) is 6.18 Å². The van der Waals surface area contributed by atoms with Gasteiger partial charge in [-0.1, -0.05) is 42.5 Å². The third kappa shape index (κ3) is 3.54. The predicted octanol–water partition coefficient (Wildman–Crippen LogP) is 5.68. The molecule has 2 aromatic carbocycles. The van der Waals surface area contributed by atoms with Gasteiger partial charge in [0.2, 0.25) is 0 Å². The van der Waals surface area contributed by atoms with Crippen LogP contribution < -0.4 is 0 Å². The number of hydrogen-bond acceptors (Lipinski definition) is 3. The van der Waals surface area contributed by atoms with Gasteiger partial charge in [-0.2, -0.15) is 13.2 Å². The minimum Gasteiger partial charge on any atom is -0.478 e. The smallest absolute Gasteiger partial charge is 0.417 e. The minimum absolute atomic E-state index is 0.0238. The van der Waals surface area contributed by atoms with Crippen LogP contribution in [0.3, 0.4) is 0 Å². The highest BCUT2D eigenvalue weighted by molar-refractivity contribution is 6.03. The number of benzene rings is 2. The van der Waals surface area contributed by atoms with Crippen molar-refractivity contribution in [2.45, 2.75) is 6.18 Å². The molecule has 144 valence electrons. The quantitative estimate of drug-likeness (QED) is 0.486. The van der Waals surface area contributed by atoms with Gasteiger partial charge in [-0.25, -0.2) is 9.78 Å². The Morgan fingerprint density at radius 3 is 2.31 bits per heavy atom. The molecule has 0 saturated heterocycles. The van der Waals surface area contributed by atoms with E-state index < -0.39 is 17.7 Å². The lowest BCUT2D eigenvalue weighted by molar-refractivity contribution is -0.137. The van der Waals surface area contributed by atoms with Crippen molar-refractivity contribution in [3.05, 3.63) is 84.2 Å². The molecule has 0 amide bonds. The zero-order chi connectivity index (χ0) is 20.6. The van der Waals surface area contributed by atoms with E-state index in [2.05, 4.69) is 9.97 Å². The highest BCUT2D eigenvalue weighted by Crippen LogP contribution is 2.37. The van der Waals surface area contributed by atoms with Crippen molar-refractivity contribution in [1.29, 1.82) is 0 Å². The fourth-order valence-corrected chi connectivity index (χ4v) is 3.19. The fourth-order valence-electron chi connectivity index (χ4n) is 3.19. The molecule has 29 heavy (non-hydrogen) atoms. The number of aromatic carboxylic acids is 1. The molecule has 0 bridgehead atoms. The van der Waals surface area contributed by atoms with E-state index in [1.165, 1.54) is 12.3 Å². The maximum Gasteiger partial charge on any atom is 0.417 e. The summed E-state index contributed by atoms with van der Waals surface area (Å²) in [5.41, 5.74) is 1.23. The molecule has 0 aliphatic carbocycles. The largest absolute Gasteiger partial charge is 0.478 e. The van der Waals surface area contributed by atoms with E-state index in [-0.39, 0.29) is 11.1 Å². The van der Waals surface area contributed by atoms with E-state index in [0.717, 1.165) is 12.3 Å². The van der Waals surface area contributed by atoms with Gasteiger partial charge in [-0.05, 0) is 23.8 Å². The van der Waals surface area contributed by atoms with Crippen LogP contribution >= 0.6 is 0 Å². The number of para-hydroxylation sites is 1. The number of carbonyl (C=O) groups is 1. The first-order valence-corrected chi connectivity index (χ1v) is 8.60. The van der Waals surface area contributed by atoms with Gasteiger partial charge in [-0.15, -0.1) is 0 Å². The van der Waals surface area contributed by atoms with Gasteiger partial charge in [0.25, 0.3) is 0 Å². The van der Waals surface area contributed by atoms with Crippen LogP contribution in [0.15, 0.2) is 73.1 Å². The third-order valence-electron chi connectivity index (χ3n) is 4.56. The van der Waals surface area contributed by atoms with Crippen molar-refractivity contribution < 1.29 is 23.1 Å². The maximum absolute atomic E-state index is 13.3.